The van der Waals surface area contributed by atoms with Crippen LogP contribution in [0, 0.1) is 22.7 Å². The molecule has 0 saturated heterocycles. The summed E-state index contributed by atoms with van der Waals surface area (Å²) in [6.45, 7) is 0. The highest BCUT2D eigenvalue weighted by atomic mass is 15.1. The third-order valence-electron chi connectivity index (χ3n) is 3.13. The molecule has 1 aromatic heterocycles. The molecule has 0 bridgehead atoms. The maximum Gasteiger partial charge on any atom is 0.128 e. The Bertz CT molecular complexity index is 862. The summed E-state index contributed by atoms with van der Waals surface area (Å²) < 4.78 is 1.89. The zero-order valence-electron chi connectivity index (χ0n) is 10.6. The average molecular weight is 258 g/mol. The number of hydrogen-bond donors (Lipinski definition) is 0. The van der Waals surface area contributed by atoms with Gasteiger partial charge in [-0.2, -0.15) is 10.5 Å². The summed E-state index contributed by atoms with van der Waals surface area (Å²) in [4.78, 5) is 4.49. The fourth-order valence-electron chi connectivity index (χ4n) is 2.30. The third kappa shape index (κ3) is 1.81. The number of nitrogens with zero attached hydrogens (tertiary/aromatic N) is 4. The summed E-state index contributed by atoms with van der Waals surface area (Å²) in [5.74, 6) is 0.649. The Kier molecular flexibility index (Phi) is 2.91. The minimum atomic E-state index is 0.203. The molecular formula is C16H10N4. The first-order chi connectivity index (χ1) is 9.85. The molecular weight excluding hydrogens is 248 g/mol. The summed E-state index contributed by atoms with van der Waals surface area (Å²) in [5.41, 5.74) is 3.05. The highest BCUT2D eigenvalue weighted by molar-refractivity contribution is 5.79. The highest BCUT2D eigenvalue weighted by Crippen LogP contribution is 2.23. The van der Waals surface area contributed by atoms with Gasteiger partial charge < -0.3 is 0 Å². The maximum absolute atomic E-state index is 9.26. The standard InChI is InChI=1S/C16H10N4/c17-10-9-16-19-13-6-2-4-8-15(13)20(16)14-7-3-1-5-12(14)11-18/h1-8H,9H2. The molecule has 20 heavy (non-hydrogen) atoms. The van der Waals surface area contributed by atoms with Crippen LogP contribution in [-0.2, 0) is 6.42 Å². The van der Waals surface area contributed by atoms with Crippen LogP contribution in [0.2, 0.25) is 0 Å². The molecule has 3 rings (SSSR count). The zero-order chi connectivity index (χ0) is 13.9. The van der Waals surface area contributed by atoms with E-state index >= 15 is 0 Å². The van der Waals surface area contributed by atoms with Crippen LogP contribution in [0.1, 0.15) is 11.4 Å². The predicted octanol–water partition coefficient (Wildman–Crippen LogP) is 2.96. The van der Waals surface area contributed by atoms with Gasteiger partial charge in [0.25, 0.3) is 0 Å². The summed E-state index contributed by atoms with van der Waals surface area (Å²) in [6.07, 6.45) is 0.203. The smallest absolute Gasteiger partial charge is 0.128 e. The lowest BCUT2D eigenvalue weighted by molar-refractivity contribution is 0.951. The van der Waals surface area contributed by atoms with Gasteiger partial charge in [-0.3, -0.25) is 4.57 Å². The predicted molar refractivity (Wildman–Crippen MR) is 75.1 cm³/mol. The van der Waals surface area contributed by atoms with Gasteiger partial charge in [0.1, 0.15) is 11.9 Å². The fraction of sp³-hybridized carbons (Fsp3) is 0.0625. The summed E-state index contributed by atoms with van der Waals surface area (Å²) in [6, 6.07) is 19.3. The normalized spacial score (nSPS) is 10.1. The summed E-state index contributed by atoms with van der Waals surface area (Å²) in [5, 5.41) is 18.2. The zero-order valence-corrected chi connectivity index (χ0v) is 10.6. The van der Waals surface area contributed by atoms with Crippen LogP contribution < -0.4 is 0 Å². The lowest BCUT2D eigenvalue weighted by Gasteiger charge is -2.09. The monoisotopic (exact) mass is 258 g/mol. The van der Waals surface area contributed by atoms with Gasteiger partial charge >= 0.3 is 0 Å². The molecule has 94 valence electrons. The topological polar surface area (TPSA) is 65.4 Å². The van der Waals surface area contributed by atoms with Crippen molar-refractivity contribution in [3.63, 3.8) is 0 Å². The van der Waals surface area contributed by atoms with Crippen LogP contribution >= 0.6 is 0 Å². The van der Waals surface area contributed by atoms with Crippen molar-refractivity contribution in [1.82, 2.24) is 9.55 Å². The van der Waals surface area contributed by atoms with Gasteiger partial charge in [-0.1, -0.05) is 24.3 Å². The molecule has 0 aliphatic rings. The molecule has 0 radical (unpaired) electrons. The Morgan fingerprint density at radius 3 is 2.55 bits per heavy atom. The Morgan fingerprint density at radius 2 is 1.75 bits per heavy atom. The average Bonchev–Trinajstić information content (AvgIpc) is 2.85. The molecule has 0 aliphatic heterocycles. The third-order valence-corrected chi connectivity index (χ3v) is 3.13. The quantitative estimate of drug-likeness (QED) is 0.709. The molecule has 4 nitrogen and oxygen atoms in total. The first-order valence-electron chi connectivity index (χ1n) is 6.18. The lowest BCUT2D eigenvalue weighted by atomic mass is 10.2. The van der Waals surface area contributed by atoms with Crippen molar-refractivity contribution in [2.45, 2.75) is 6.42 Å². The molecule has 2 aromatic carbocycles. The van der Waals surface area contributed by atoms with Crippen LogP contribution in [0.4, 0.5) is 0 Å². The van der Waals surface area contributed by atoms with Crippen LogP contribution in [0.5, 0.6) is 0 Å². The SMILES string of the molecule is N#CCc1nc2ccccc2n1-c1ccccc1C#N. The van der Waals surface area contributed by atoms with Crippen molar-refractivity contribution in [3.8, 4) is 17.8 Å². The van der Waals surface area contributed by atoms with Gasteiger partial charge in [-0.05, 0) is 24.3 Å². The first kappa shape index (κ1) is 12.0. The molecule has 0 amide bonds. The number of aromatic nitrogens is 2. The van der Waals surface area contributed by atoms with E-state index in [2.05, 4.69) is 17.1 Å². The number of hydrogen-bond acceptors (Lipinski definition) is 3. The minimum Gasteiger partial charge on any atom is -0.294 e. The van der Waals surface area contributed by atoms with Crippen LogP contribution in [0.3, 0.4) is 0 Å². The van der Waals surface area contributed by atoms with Crippen molar-refractivity contribution in [2.75, 3.05) is 0 Å². The van der Waals surface area contributed by atoms with Crippen LogP contribution in [0.15, 0.2) is 48.5 Å². The van der Waals surface area contributed by atoms with Gasteiger partial charge in [0, 0.05) is 0 Å². The number of fused-ring (bicyclic) bond motifs is 1. The second-order valence-electron chi connectivity index (χ2n) is 4.32. The van der Waals surface area contributed by atoms with E-state index in [1.807, 2.05) is 47.0 Å². The first-order valence-corrected chi connectivity index (χ1v) is 6.18. The van der Waals surface area contributed by atoms with Gasteiger partial charge in [-0.25, -0.2) is 4.98 Å². The summed E-state index contributed by atoms with van der Waals surface area (Å²) >= 11 is 0. The van der Waals surface area contributed by atoms with E-state index in [-0.39, 0.29) is 6.42 Å². The van der Waals surface area contributed by atoms with Crippen molar-refractivity contribution in [3.05, 3.63) is 59.9 Å². The van der Waals surface area contributed by atoms with E-state index in [9.17, 15) is 5.26 Å². The summed E-state index contributed by atoms with van der Waals surface area (Å²) in [7, 11) is 0. The Balaban J connectivity index is 2.37. The number of imidazole rings is 1. The van der Waals surface area contributed by atoms with Crippen LogP contribution in [-0.4, -0.2) is 9.55 Å². The number of para-hydroxylation sites is 3. The highest BCUT2D eigenvalue weighted by Gasteiger charge is 2.14. The molecule has 0 spiro atoms. The van der Waals surface area contributed by atoms with Gasteiger partial charge in [-0.15, -0.1) is 0 Å². The number of rotatable bonds is 2. The molecule has 4 heteroatoms. The van der Waals surface area contributed by atoms with Crippen molar-refractivity contribution in [1.29, 1.82) is 10.5 Å². The van der Waals surface area contributed by atoms with Gasteiger partial charge in [0.15, 0.2) is 0 Å². The van der Waals surface area contributed by atoms with Crippen molar-refractivity contribution >= 4 is 11.0 Å². The molecule has 0 saturated carbocycles. The lowest BCUT2D eigenvalue weighted by Crippen LogP contribution is -2.02. The van der Waals surface area contributed by atoms with E-state index in [4.69, 9.17) is 5.26 Å². The van der Waals surface area contributed by atoms with Crippen molar-refractivity contribution in [2.24, 2.45) is 0 Å². The van der Waals surface area contributed by atoms with Gasteiger partial charge in [0.05, 0.1) is 34.8 Å². The minimum absolute atomic E-state index is 0.203. The largest absolute Gasteiger partial charge is 0.294 e. The number of benzene rings is 2. The van der Waals surface area contributed by atoms with E-state index in [1.165, 1.54) is 0 Å². The van der Waals surface area contributed by atoms with Crippen LogP contribution in [0.25, 0.3) is 16.7 Å². The Morgan fingerprint density at radius 1 is 1.00 bits per heavy atom. The molecule has 3 aromatic rings. The van der Waals surface area contributed by atoms with E-state index < -0.39 is 0 Å². The Labute approximate surface area is 116 Å². The molecule has 0 aliphatic carbocycles. The molecule has 0 N–H and O–H groups in total. The fourth-order valence-corrected chi connectivity index (χ4v) is 2.30. The molecule has 0 fully saturated rings. The van der Waals surface area contributed by atoms with E-state index in [0.717, 1.165) is 16.7 Å². The van der Waals surface area contributed by atoms with Gasteiger partial charge in [0.2, 0.25) is 0 Å². The number of nitriles is 2. The molecule has 1 heterocycles. The van der Waals surface area contributed by atoms with E-state index in [0.29, 0.717) is 11.4 Å². The molecule has 0 unspecified atom stereocenters. The second kappa shape index (κ2) is 4.87. The maximum atomic E-state index is 9.26. The molecule has 0 atom stereocenters. The second-order valence-corrected chi connectivity index (χ2v) is 4.32. The Hall–Kier alpha value is -3.11. The van der Waals surface area contributed by atoms with E-state index in [1.54, 1.807) is 6.07 Å². The van der Waals surface area contributed by atoms with Crippen molar-refractivity contribution < 1.29 is 0 Å².